The third kappa shape index (κ3) is 6.96. The van der Waals surface area contributed by atoms with Gasteiger partial charge in [0, 0.05) is 12.6 Å². The molecule has 0 aromatic heterocycles. The number of benzene rings is 1. The second kappa shape index (κ2) is 9.80. The highest BCUT2D eigenvalue weighted by atomic mass is 16.5. The zero-order valence-corrected chi connectivity index (χ0v) is 13.9. The first kappa shape index (κ1) is 18.0. The smallest absolute Gasteiger partial charge is 0.119 e. The van der Waals surface area contributed by atoms with Gasteiger partial charge < -0.3 is 15.2 Å². The minimum Gasteiger partial charge on any atom is -0.491 e. The van der Waals surface area contributed by atoms with E-state index in [9.17, 15) is 0 Å². The summed E-state index contributed by atoms with van der Waals surface area (Å²) in [5, 5.41) is 12.7. The topological polar surface area (TPSA) is 41.5 Å². The van der Waals surface area contributed by atoms with Crippen LogP contribution >= 0.6 is 0 Å². The number of nitrogens with one attached hydrogen (secondary N) is 1. The Morgan fingerprint density at radius 2 is 1.76 bits per heavy atom. The Labute approximate surface area is 129 Å². The van der Waals surface area contributed by atoms with Crippen molar-refractivity contribution in [2.75, 3.05) is 13.2 Å². The van der Waals surface area contributed by atoms with Gasteiger partial charge in [0.25, 0.3) is 0 Å². The number of rotatable bonds is 10. The average molecular weight is 293 g/mol. The number of aliphatic hydroxyl groups excluding tert-OH is 1. The van der Waals surface area contributed by atoms with Gasteiger partial charge in [-0.3, -0.25) is 0 Å². The van der Waals surface area contributed by atoms with E-state index in [4.69, 9.17) is 9.84 Å². The van der Waals surface area contributed by atoms with Gasteiger partial charge in [-0.05, 0) is 63.8 Å². The molecular formula is C18H31NO2. The Kier molecular flexibility index (Phi) is 8.40. The lowest BCUT2D eigenvalue weighted by atomic mass is 9.99. The zero-order valence-electron chi connectivity index (χ0n) is 13.9. The molecule has 2 atom stereocenters. The number of ether oxygens (including phenoxy) is 1. The molecule has 0 aliphatic rings. The molecule has 0 fully saturated rings. The van der Waals surface area contributed by atoms with Crippen LogP contribution in [0.2, 0.25) is 0 Å². The first-order valence-corrected chi connectivity index (χ1v) is 8.17. The van der Waals surface area contributed by atoms with Crippen LogP contribution in [0.25, 0.3) is 0 Å². The number of hydrogen-bond acceptors (Lipinski definition) is 3. The Bertz CT molecular complexity index is 369. The fraction of sp³-hybridized carbons (Fsp3) is 0.667. The lowest BCUT2D eigenvalue weighted by Gasteiger charge is -2.20. The maximum Gasteiger partial charge on any atom is 0.119 e. The Balaban J connectivity index is 2.48. The molecule has 1 aromatic rings. The van der Waals surface area contributed by atoms with Crippen molar-refractivity contribution in [3.8, 4) is 5.75 Å². The summed E-state index contributed by atoms with van der Waals surface area (Å²) in [7, 11) is 0. The summed E-state index contributed by atoms with van der Waals surface area (Å²) in [5.74, 6) is 1.48. The van der Waals surface area contributed by atoms with Gasteiger partial charge in [0.2, 0.25) is 0 Å². The predicted molar refractivity (Wildman–Crippen MR) is 88.7 cm³/mol. The first-order valence-electron chi connectivity index (χ1n) is 8.17. The van der Waals surface area contributed by atoms with Gasteiger partial charge in [-0.25, -0.2) is 0 Å². The lowest BCUT2D eigenvalue weighted by molar-refractivity contribution is 0.242. The van der Waals surface area contributed by atoms with Crippen LogP contribution in [0.15, 0.2) is 24.3 Å². The Morgan fingerprint density at radius 1 is 1.10 bits per heavy atom. The highest BCUT2D eigenvalue weighted by molar-refractivity contribution is 5.29. The van der Waals surface area contributed by atoms with Gasteiger partial charge in [0.15, 0.2) is 0 Å². The molecule has 0 radical (unpaired) electrons. The van der Waals surface area contributed by atoms with E-state index in [0.717, 1.165) is 18.7 Å². The molecule has 0 bridgehead atoms. The second-order valence-electron chi connectivity index (χ2n) is 6.03. The predicted octanol–water partition coefficient (Wildman–Crippen LogP) is 3.92. The summed E-state index contributed by atoms with van der Waals surface area (Å²) in [6.45, 7) is 9.68. The highest BCUT2D eigenvalue weighted by Crippen LogP contribution is 2.19. The summed E-state index contributed by atoms with van der Waals surface area (Å²) in [4.78, 5) is 0. The van der Waals surface area contributed by atoms with Crippen LogP contribution in [0.3, 0.4) is 0 Å². The molecule has 0 aliphatic heterocycles. The second-order valence-corrected chi connectivity index (χ2v) is 6.03. The molecular weight excluding hydrogens is 262 g/mol. The van der Waals surface area contributed by atoms with Crippen molar-refractivity contribution in [2.45, 2.75) is 59.1 Å². The van der Waals surface area contributed by atoms with Gasteiger partial charge in [0.1, 0.15) is 5.75 Å². The van der Waals surface area contributed by atoms with E-state index in [-0.39, 0.29) is 12.7 Å². The van der Waals surface area contributed by atoms with Crippen molar-refractivity contribution in [3.05, 3.63) is 29.8 Å². The van der Waals surface area contributed by atoms with Crippen LogP contribution in [-0.4, -0.2) is 24.4 Å². The molecule has 1 rings (SSSR count). The summed E-state index contributed by atoms with van der Waals surface area (Å²) in [6, 6.07) is 8.62. The molecule has 0 saturated carbocycles. The molecule has 2 unspecified atom stereocenters. The minimum atomic E-state index is 0.208. The van der Waals surface area contributed by atoms with Crippen molar-refractivity contribution >= 4 is 0 Å². The van der Waals surface area contributed by atoms with E-state index in [1.807, 2.05) is 26.0 Å². The minimum absolute atomic E-state index is 0.208. The molecule has 2 N–H and O–H groups in total. The van der Waals surface area contributed by atoms with Gasteiger partial charge in [-0.2, -0.15) is 0 Å². The molecule has 3 nitrogen and oxygen atoms in total. The van der Waals surface area contributed by atoms with E-state index in [0.29, 0.717) is 12.0 Å². The monoisotopic (exact) mass is 293 g/mol. The number of aliphatic hydroxyl groups is 1. The first-order chi connectivity index (χ1) is 10.1. The molecule has 0 heterocycles. The van der Waals surface area contributed by atoms with Crippen molar-refractivity contribution in [1.82, 2.24) is 5.32 Å². The Morgan fingerprint density at radius 3 is 2.29 bits per heavy atom. The van der Waals surface area contributed by atoms with Crippen LogP contribution in [-0.2, 0) is 0 Å². The molecule has 0 spiro atoms. The van der Waals surface area contributed by atoms with E-state index < -0.39 is 0 Å². The van der Waals surface area contributed by atoms with Crippen molar-refractivity contribution < 1.29 is 9.84 Å². The quantitative estimate of drug-likeness (QED) is 0.687. The normalized spacial score (nSPS) is 14.2. The van der Waals surface area contributed by atoms with Crippen LogP contribution in [0.5, 0.6) is 5.75 Å². The van der Waals surface area contributed by atoms with Crippen LogP contribution in [0.1, 0.15) is 58.6 Å². The molecule has 0 aliphatic carbocycles. The van der Waals surface area contributed by atoms with E-state index in [2.05, 4.69) is 31.3 Å². The molecule has 1 aromatic carbocycles. The Hall–Kier alpha value is -1.06. The van der Waals surface area contributed by atoms with Gasteiger partial charge in [-0.15, -0.1) is 0 Å². The molecule has 120 valence electrons. The van der Waals surface area contributed by atoms with E-state index in [1.165, 1.54) is 18.4 Å². The van der Waals surface area contributed by atoms with Crippen LogP contribution in [0.4, 0.5) is 0 Å². The van der Waals surface area contributed by atoms with Gasteiger partial charge in [0.05, 0.1) is 6.10 Å². The van der Waals surface area contributed by atoms with Gasteiger partial charge in [-0.1, -0.05) is 25.5 Å². The van der Waals surface area contributed by atoms with Crippen LogP contribution in [0, 0.1) is 5.92 Å². The molecule has 0 amide bonds. The fourth-order valence-electron chi connectivity index (χ4n) is 2.51. The SMILES string of the molecule is CCCC(CCO)CNC(C)c1ccc(OC(C)C)cc1. The van der Waals surface area contributed by atoms with Crippen LogP contribution < -0.4 is 10.1 Å². The standard InChI is InChI=1S/C18H31NO2/c1-5-6-16(11-12-20)13-19-15(4)17-7-9-18(10-8-17)21-14(2)3/h7-10,14-16,19-20H,5-6,11-13H2,1-4H3. The zero-order chi connectivity index (χ0) is 15.7. The molecule has 3 heteroatoms. The summed E-state index contributed by atoms with van der Waals surface area (Å²) >= 11 is 0. The fourth-order valence-corrected chi connectivity index (χ4v) is 2.51. The summed E-state index contributed by atoms with van der Waals surface area (Å²) < 4.78 is 5.66. The summed E-state index contributed by atoms with van der Waals surface area (Å²) in [5.41, 5.74) is 1.27. The number of hydrogen-bond donors (Lipinski definition) is 2. The molecule has 0 saturated heterocycles. The van der Waals surface area contributed by atoms with Crippen molar-refractivity contribution in [3.63, 3.8) is 0 Å². The van der Waals surface area contributed by atoms with Gasteiger partial charge >= 0.3 is 0 Å². The third-order valence-electron chi connectivity index (χ3n) is 3.70. The average Bonchev–Trinajstić information content (AvgIpc) is 2.45. The lowest BCUT2D eigenvalue weighted by Crippen LogP contribution is -2.26. The summed E-state index contributed by atoms with van der Waals surface area (Å²) in [6.07, 6.45) is 3.43. The third-order valence-corrected chi connectivity index (χ3v) is 3.70. The highest BCUT2D eigenvalue weighted by Gasteiger charge is 2.10. The maximum atomic E-state index is 9.11. The van der Waals surface area contributed by atoms with E-state index in [1.54, 1.807) is 0 Å². The maximum absolute atomic E-state index is 9.11. The van der Waals surface area contributed by atoms with E-state index >= 15 is 0 Å². The largest absolute Gasteiger partial charge is 0.491 e. The van der Waals surface area contributed by atoms with Crippen molar-refractivity contribution in [2.24, 2.45) is 5.92 Å². The molecule has 21 heavy (non-hydrogen) atoms. The van der Waals surface area contributed by atoms with Crippen molar-refractivity contribution in [1.29, 1.82) is 0 Å².